The summed E-state index contributed by atoms with van der Waals surface area (Å²) in [5, 5.41) is 0.0224. The summed E-state index contributed by atoms with van der Waals surface area (Å²) in [6.45, 7) is 0. The van der Waals surface area contributed by atoms with Crippen LogP contribution < -0.4 is 0 Å². The first-order valence-electron chi connectivity index (χ1n) is 4.21. The summed E-state index contributed by atoms with van der Waals surface area (Å²) in [6.07, 6.45) is 3.18. The van der Waals surface area contributed by atoms with Crippen LogP contribution in [0.4, 0.5) is 0 Å². The summed E-state index contributed by atoms with van der Waals surface area (Å²) >= 11 is 5.71. The zero-order valence-electron chi connectivity index (χ0n) is 7.57. The van der Waals surface area contributed by atoms with E-state index in [-0.39, 0.29) is 10.3 Å². The monoisotopic (exact) mass is 232 g/mol. The highest BCUT2D eigenvalue weighted by molar-refractivity contribution is 7.90. The Morgan fingerprint density at radius 3 is 2.57 bits per heavy atom. The fourth-order valence-electron chi connectivity index (χ4n) is 1.17. The average molecular weight is 233 g/mol. The molecule has 1 fully saturated rings. The fraction of sp³-hybridized carbons (Fsp3) is 0.500. The minimum Gasteiger partial charge on any atom is -0.223 e. The molecule has 0 amide bonds. The molecule has 6 heteroatoms. The molecule has 0 saturated heterocycles. The minimum atomic E-state index is -3.36. The van der Waals surface area contributed by atoms with Crippen molar-refractivity contribution in [1.82, 2.24) is 9.97 Å². The van der Waals surface area contributed by atoms with Crippen LogP contribution in [0, 0.1) is 0 Å². The van der Waals surface area contributed by atoms with Crippen LogP contribution in [0.3, 0.4) is 0 Å². The molecule has 0 aliphatic heterocycles. The molecule has 14 heavy (non-hydrogen) atoms. The van der Waals surface area contributed by atoms with Crippen molar-refractivity contribution in [2.45, 2.75) is 23.9 Å². The van der Waals surface area contributed by atoms with Gasteiger partial charge in [0.1, 0.15) is 5.15 Å². The summed E-state index contributed by atoms with van der Waals surface area (Å²) in [7, 11) is -3.36. The number of hydrogen-bond acceptors (Lipinski definition) is 4. The molecule has 0 N–H and O–H groups in total. The highest BCUT2D eigenvalue weighted by Crippen LogP contribution is 2.39. The molecule has 1 aliphatic rings. The largest absolute Gasteiger partial charge is 0.248 e. The Kier molecular flexibility index (Phi) is 2.23. The van der Waals surface area contributed by atoms with E-state index in [4.69, 9.17) is 11.6 Å². The molecule has 1 saturated carbocycles. The van der Waals surface area contributed by atoms with Crippen LogP contribution >= 0.6 is 11.6 Å². The van der Waals surface area contributed by atoms with Crippen LogP contribution in [0.5, 0.6) is 0 Å². The van der Waals surface area contributed by atoms with Gasteiger partial charge in [0.05, 0.1) is 0 Å². The van der Waals surface area contributed by atoms with Crippen molar-refractivity contribution in [3.63, 3.8) is 0 Å². The molecule has 0 atom stereocenters. The first-order chi connectivity index (χ1) is 6.47. The first-order valence-corrected chi connectivity index (χ1v) is 6.48. The lowest BCUT2D eigenvalue weighted by Crippen LogP contribution is -2.06. The maximum absolute atomic E-state index is 11.2. The van der Waals surface area contributed by atoms with Gasteiger partial charge >= 0.3 is 0 Å². The number of nitrogens with zero attached hydrogens (tertiary/aromatic N) is 2. The predicted octanol–water partition coefficient (Wildman–Crippen LogP) is 1.41. The highest BCUT2D eigenvalue weighted by Gasteiger charge is 2.27. The molecule has 1 aliphatic carbocycles. The lowest BCUT2D eigenvalue weighted by atomic mass is 10.3. The average Bonchev–Trinajstić information content (AvgIpc) is 2.83. The van der Waals surface area contributed by atoms with Crippen molar-refractivity contribution in [3.05, 3.63) is 16.9 Å². The fourth-order valence-corrected chi connectivity index (χ4v) is 1.94. The molecule has 1 aromatic heterocycles. The SMILES string of the molecule is CS(=O)(=O)c1nc(Cl)cc(C2CC2)n1. The van der Waals surface area contributed by atoms with Gasteiger partial charge in [-0.3, -0.25) is 0 Å². The van der Waals surface area contributed by atoms with Crippen LogP contribution in [-0.2, 0) is 9.84 Å². The van der Waals surface area contributed by atoms with E-state index in [1.54, 1.807) is 6.07 Å². The lowest BCUT2D eigenvalue weighted by Gasteiger charge is -2.01. The second-order valence-electron chi connectivity index (χ2n) is 3.44. The van der Waals surface area contributed by atoms with Crippen LogP contribution in [0.2, 0.25) is 5.15 Å². The van der Waals surface area contributed by atoms with Crippen molar-refractivity contribution in [2.24, 2.45) is 0 Å². The van der Waals surface area contributed by atoms with Crippen molar-refractivity contribution < 1.29 is 8.42 Å². The summed E-state index contributed by atoms with van der Waals surface area (Å²) in [6, 6.07) is 1.63. The second kappa shape index (κ2) is 3.17. The Hall–Kier alpha value is -0.680. The van der Waals surface area contributed by atoms with Crippen LogP contribution in [0.15, 0.2) is 11.2 Å². The first kappa shape index (κ1) is 9.86. The van der Waals surface area contributed by atoms with Crippen molar-refractivity contribution in [1.29, 1.82) is 0 Å². The number of sulfone groups is 1. The van der Waals surface area contributed by atoms with E-state index >= 15 is 0 Å². The Bertz CT molecular complexity index is 468. The van der Waals surface area contributed by atoms with E-state index in [9.17, 15) is 8.42 Å². The van der Waals surface area contributed by atoms with Crippen LogP contribution in [-0.4, -0.2) is 24.6 Å². The molecule has 0 spiro atoms. The number of halogens is 1. The third kappa shape index (κ3) is 2.04. The molecule has 2 rings (SSSR count). The van der Waals surface area contributed by atoms with E-state index < -0.39 is 9.84 Å². The van der Waals surface area contributed by atoms with Crippen molar-refractivity contribution >= 4 is 21.4 Å². The van der Waals surface area contributed by atoms with Gasteiger partial charge in [0.25, 0.3) is 0 Å². The van der Waals surface area contributed by atoms with E-state index in [0.717, 1.165) is 24.8 Å². The molecule has 0 unspecified atom stereocenters. The summed E-state index contributed by atoms with van der Waals surface area (Å²) in [4.78, 5) is 7.66. The van der Waals surface area contributed by atoms with Gasteiger partial charge in [-0.05, 0) is 18.9 Å². The van der Waals surface area contributed by atoms with Gasteiger partial charge in [0.15, 0.2) is 0 Å². The highest BCUT2D eigenvalue weighted by atomic mass is 35.5. The Balaban J connectivity index is 2.51. The van der Waals surface area contributed by atoms with E-state index in [1.165, 1.54) is 0 Å². The molecule has 1 heterocycles. The van der Waals surface area contributed by atoms with Gasteiger partial charge in [-0.25, -0.2) is 18.4 Å². The Morgan fingerprint density at radius 1 is 1.43 bits per heavy atom. The Labute approximate surface area is 87.3 Å². The van der Waals surface area contributed by atoms with Gasteiger partial charge < -0.3 is 0 Å². The number of hydrogen-bond donors (Lipinski definition) is 0. The van der Waals surface area contributed by atoms with Gasteiger partial charge in [-0.2, -0.15) is 0 Å². The third-order valence-electron chi connectivity index (χ3n) is 2.02. The van der Waals surface area contributed by atoms with Gasteiger partial charge in [-0.1, -0.05) is 11.6 Å². The molecule has 0 radical (unpaired) electrons. The minimum absolute atomic E-state index is 0.174. The molecule has 1 aromatic rings. The molecule has 0 aromatic carbocycles. The van der Waals surface area contributed by atoms with Crippen LogP contribution in [0.1, 0.15) is 24.5 Å². The molecular formula is C8H9ClN2O2S. The zero-order chi connectivity index (χ0) is 10.3. The van der Waals surface area contributed by atoms with Gasteiger partial charge in [0, 0.05) is 17.9 Å². The van der Waals surface area contributed by atoms with Gasteiger partial charge in [0.2, 0.25) is 15.0 Å². The number of aromatic nitrogens is 2. The Morgan fingerprint density at radius 2 is 2.07 bits per heavy atom. The normalized spacial score (nSPS) is 17.0. The summed E-state index contributed by atoms with van der Waals surface area (Å²) in [5.41, 5.74) is 0.741. The second-order valence-corrected chi connectivity index (χ2v) is 5.74. The molecular weight excluding hydrogens is 224 g/mol. The predicted molar refractivity (Wildman–Crippen MR) is 52.1 cm³/mol. The standard InChI is InChI=1S/C8H9ClN2O2S/c1-14(12,13)8-10-6(5-2-3-5)4-7(9)11-8/h4-5H,2-3H2,1H3. The maximum Gasteiger partial charge on any atom is 0.248 e. The van der Waals surface area contributed by atoms with E-state index in [1.807, 2.05) is 0 Å². The van der Waals surface area contributed by atoms with Crippen LogP contribution in [0.25, 0.3) is 0 Å². The van der Waals surface area contributed by atoms with E-state index in [0.29, 0.717) is 5.92 Å². The lowest BCUT2D eigenvalue weighted by molar-refractivity contribution is 0.591. The van der Waals surface area contributed by atoms with E-state index in [2.05, 4.69) is 9.97 Å². The summed E-state index contributed by atoms with van der Waals surface area (Å²) < 4.78 is 22.4. The quantitative estimate of drug-likeness (QED) is 0.572. The smallest absolute Gasteiger partial charge is 0.223 e. The number of rotatable bonds is 2. The van der Waals surface area contributed by atoms with Crippen molar-refractivity contribution in [3.8, 4) is 0 Å². The van der Waals surface area contributed by atoms with Gasteiger partial charge in [-0.15, -0.1) is 0 Å². The zero-order valence-corrected chi connectivity index (χ0v) is 9.14. The molecule has 4 nitrogen and oxygen atoms in total. The van der Waals surface area contributed by atoms with Crippen molar-refractivity contribution in [2.75, 3.05) is 6.26 Å². The third-order valence-corrected chi connectivity index (χ3v) is 3.06. The maximum atomic E-state index is 11.2. The summed E-state index contributed by atoms with van der Waals surface area (Å²) in [5.74, 6) is 0.371. The molecule has 0 bridgehead atoms. The topological polar surface area (TPSA) is 59.9 Å². The molecule has 76 valence electrons.